The molecule has 1 aliphatic rings. The maximum absolute atomic E-state index is 11.8. The molecule has 1 saturated heterocycles. The third-order valence-corrected chi connectivity index (χ3v) is 3.45. The van der Waals surface area contributed by atoms with E-state index in [1.807, 2.05) is 35.2 Å². The number of benzene rings is 1. The van der Waals surface area contributed by atoms with Crippen LogP contribution >= 0.6 is 0 Å². The van der Waals surface area contributed by atoms with E-state index >= 15 is 0 Å². The maximum atomic E-state index is 11.8. The van der Waals surface area contributed by atoms with E-state index in [1.165, 1.54) is 14.2 Å². The molecule has 102 valence electrons. The Morgan fingerprint density at radius 3 is 1.89 bits per heavy atom. The predicted molar refractivity (Wildman–Crippen MR) is 69.7 cm³/mol. The lowest BCUT2D eigenvalue weighted by molar-refractivity contribution is -0.155. The van der Waals surface area contributed by atoms with Crippen molar-refractivity contribution < 1.29 is 19.1 Å². The number of hydrogen-bond acceptors (Lipinski definition) is 5. The van der Waals surface area contributed by atoms with Gasteiger partial charge in [-0.15, -0.1) is 0 Å². The quantitative estimate of drug-likeness (QED) is 0.764. The number of methoxy groups -OCH3 is 2. The molecule has 0 spiro atoms. The highest BCUT2D eigenvalue weighted by atomic mass is 16.5. The van der Waals surface area contributed by atoms with Crippen molar-refractivity contribution in [2.24, 2.45) is 11.8 Å². The van der Waals surface area contributed by atoms with E-state index in [-0.39, 0.29) is 11.9 Å². The van der Waals surface area contributed by atoms with E-state index in [2.05, 4.69) is 0 Å². The zero-order chi connectivity index (χ0) is 13.8. The minimum atomic E-state index is -0.474. The molecular formula is C14H17NO4. The molecule has 1 fully saturated rings. The highest BCUT2D eigenvalue weighted by molar-refractivity contribution is 5.84. The number of hydrogen-bond donors (Lipinski definition) is 0. The van der Waals surface area contributed by atoms with Gasteiger partial charge in [-0.3, -0.25) is 9.59 Å². The van der Waals surface area contributed by atoms with Crippen molar-refractivity contribution in [2.45, 2.75) is 0 Å². The van der Waals surface area contributed by atoms with Crippen LogP contribution in [0.25, 0.3) is 0 Å². The Labute approximate surface area is 112 Å². The van der Waals surface area contributed by atoms with Crippen LogP contribution in [0.1, 0.15) is 0 Å². The Bertz CT molecular complexity index is 436. The maximum Gasteiger partial charge on any atom is 0.311 e. The number of carbonyl (C=O) groups is 2. The summed E-state index contributed by atoms with van der Waals surface area (Å²) in [4.78, 5) is 25.5. The summed E-state index contributed by atoms with van der Waals surface area (Å²) in [7, 11) is 2.67. The van der Waals surface area contributed by atoms with Crippen molar-refractivity contribution in [3.05, 3.63) is 30.3 Å². The number of esters is 2. The highest BCUT2D eigenvalue weighted by Crippen LogP contribution is 2.29. The van der Waals surface area contributed by atoms with Crippen molar-refractivity contribution >= 4 is 17.6 Å². The first kappa shape index (κ1) is 13.4. The van der Waals surface area contributed by atoms with Gasteiger partial charge in [-0.1, -0.05) is 18.2 Å². The first-order valence-corrected chi connectivity index (χ1v) is 6.13. The fraction of sp³-hybridized carbons (Fsp3) is 0.429. The highest BCUT2D eigenvalue weighted by Gasteiger charge is 2.43. The number of rotatable bonds is 3. The summed E-state index contributed by atoms with van der Waals surface area (Å²) in [6.45, 7) is 0.937. The van der Waals surface area contributed by atoms with Gasteiger partial charge >= 0.3 is 11.9 Å². The van der Waals surface area contributed by atoms with Gasteiger partial charge in [0.15, 0.2) is 0 Å². The van der Waals surface area contributed by atoms with Crippen LogP contribution in [0.5, 0.6) is 0 Å². The Morgan fingerprint density at radius 2 is 1.47 bits per heavy atom. The second-order valence-corrected chi connectivity index (χ2v) is 4.50. The van der Waals surface area contributed by atoms with Crippen LogP contribution in [-0.4, -0.2) is 39.2 Å². The SMILES string of the molecule is COC(=O)[C@@H]1CN(c2ccccc2)C[C@H]1C(=O)OC. The molecule has 1 heterocycles. The van der Waals surface area contributed by atoms with Crippen LogP contribution in [0.2, 0.25) is 0 Å². The lowest BCUT2D eigenvalue weighted by atomic mass is 9.96. The van der Waals surface area contributed by atoms with E-state index in [9.17, 15) is 9.59 Å². The molecule has 19 heavy (non-hydrogen) atoms. The minimum absolute atomic E-state index is 0.367. The van der Waals surface area contributed by atoms with Crippen molar-refractivity contribution in [2.75, 3.05) is 32.2 Å². The lowest BCUT2D eigenvalue weighted by Crippen LogP contribution is -2.30. The summed E-state index contributed by atoms with van der Waals surface area (Å²) in [5.74, 6) is -1.68. The molecule has 0 bridgehead atoms. The Kier molecular flexibility index (Phi) is 4.04. The summed E-state index contributed by atoms with van der Waals surface area (Å²) >= 11 is 0. The molecule has 5 nitrogen and oxygen atoms in total. The second-order valence-electron chi connectivity index (χ2n) is 4.50. The standard InChI is InChI=1S/C14H17NO4/c1-18-13(16)11-8-15(9-12(11)14(17)19-2)10-6-4-3-5-7-10/h3-7,11-12H,8-9H2,1-2H3/t11-,12-/m1/s1. The molecule has 0 N–H and O–H groups in total. The summed E-state index contributed by atoms with van der Waals surface area (Å²) in [6, 6.07) is 9.68. The fourth-order valence-corrected chi connectivity index (χ4v) is 2.43. The molecule has 1 aliphatic heterocycles. The molecule has 2 rings (SSSR count). The first-order chi connectivity index (χ1) is 9.17. The monoisotopic (exact) mass is 263 g/mol. The van der Waals surface area contributed by atoms with Gasteiger partial charge in [0.2, 0.25) is 0 Å². The zero-order valence-electron chi connectivity index (χ0n) is 11.0. The largest absolute Gasteiger partial charge is 0.469 e. The van der Waals surface area contributed by atoms with Crippen molar-refractivity contribution in [3.8, 4) is 0 Å². The molecule has 0 aromatic heterocycles. The van der Waals surface area contributed by atoms with E-state index < -0.39 is 11.8 Å². The minimum Gasteiger partial charge on any atom is -0.469 e. The molecule has 0 amide bonds. The molecule has 5 heteroatoms. The first-order valence-electron chi connectivity index (χ1n) is 6.13. The zero-order valence-corrected chi connectivity index (χ0v) is 11.0. The second kappa shape index (κ2) is 5.73. The van der Waals surface area contributed by atoms with E-state index in [1.54, 1.807) is 0 Å². The normalized spacial score (nSPS) is 22.1. The molecule has 0 unspecified atom stereocenters. The van der Waals surface area contributed by atoms with Crippen LogP contribution in [0.15, 0.2) is 30.3 Å². The van der Waals surface area contributed by atoms with Crippen molar-refractivity contribution in [1.29, 1.82) is 0 Å². The molecular weight excluding hydrogens is 246 g/mol. The third kappa shape index (κ3) is 2.70. The van der Waals surface area contributed by atoms with Crippen molar-refractivity contribution in [3.63, 3.8) is 0 Å². The van der Waals surface area contributed by atoms with E-state index in [0.717, 1.165) is 5.69 Å². The van der Waals surface area contributed by atoms with Gasteiger partial charge in [0, 0.05) is 18.8 Å². The van der Waals surface area contributed by atoms with Crippen molar-refractivity contribution in [1.82, 2.24) is 0 Å². The Morgan fingerprint density at radius 1 is 1.00 bits per heavy atom. The lowest BCUT2D eigenvalue weighted by Gasteiger charge is -2.17. The van der Waals surface area contributed by atoms with Crippen LogP contribution in [0.4, 0.5) is 5.69 Å². The van der Waals surface area contributed by atoms with Gasteiger partial charge < -0.3 is 14.4 Å². The molecule has 2 atom stereocenters. The Hall–Kier alpha value is -2.04. The fourth-order valence-electron chi connectivity index (χ4n) is 2.43. The van der Waals surface area contributed by atoms with Gasteiger partial charge in [-0.05, 0) is 12.1 Å². The number of nitrogens with zero attached hydrogens (tertiary/aromatic N) is 1. The van der Waals surface area contributed by atoms with E-state index in [0.29, 0.717) is 13.1 Å². The molecule has 1 aromatic rings. The van der Waals surface area contributed by atoms with Crippen LogP contribution in [-0.2, 0) is 19.1 Å². The Balaban J connectivity index is 2.20. The van der Waals surface area contributed by atoms with Gasteiger partial charge in [-0.2, -0.15) is 0 Å². The van der Waals surface area contributed by atoms with Gasteiger partial charge in [0.1, 0.15) is 0 Å². The number of anilines is 1. The summed E-state index contributed by atoms with van der Waals surface area (Å²) < 4.78 is 9.54. The average Bonchev–Trinajstić information content (AvgIpc) is 2.91. The topological polar surface area (TPSA) is 55.8 Å². The molecule has 0 radical (unpaired) electrons. The van der Waals surface area contributed by atoms with Crippen LogP contribution in [0.3, 0.4) is 0 Å². The summed E-state index contributed by atoms with van der Waals surface area (Å²) in [6.07, 6.45) is 0. The smallest absolute Gasteiger partial charge is 0.311 e. The predicted octanol–water partition coefficient (Wildman–Crippen LogP) is 1.08. The number of ether oxygens (including phenoxy) is 2. The van der Waals surface area contributed by atoms with E-state index in [4.69, 9.17) is 9.47 Å². The third-order valence-electron chi connectivity index (χ3n) is 3.45. The summed E-state index contributed by atoms with van der Waals surface area (Å²) in [5.41, 5.74) is 0.989. The van der Waals surface area contributed by atoms with Gasteiger partial charge in [0.05, 0.1) is 26.1 Å². The van der Waals surface area contributed by atoms with Crippen LogP contribution in [0, 0.1) is 11.8 Å². The van der Waals surface area contributed by atoms with Crippen LogP contribution < -0.4 is 4.90 Å². The summed E-state index contributed by atoms with van der Waals surface area (Å²) in [5, 5.41) is 0. The number of para-hydroxylation sites is 1. The van der Waals surface area contributed by atoms with Gasteiger partial charge in [-0.25, -0.2) is 0 Å². The molecule has 0 aliphatic carbocycles. The number of carbonyl (C=O) groups excluding carboxylic acids is 2. The molecule has 1 aromatic carbocycles. The van der Waals surface area contributed by atoms with Gasteiger partial charge in [0.25, 0.3) is 0 Å². The molecule has 0 saturated carbocycles. The average molecular weight is 263 g/mol.